The second kappa shape index (κ2) is 6.72. The van der Waals surface area contributed by atoms with Gasteiger partial charge in [-0.05, 0) is 57.5 Å². The number of nitrogens with one attached hydrogen (secondary N) is 1. The Morgan fingerprint density at radius 1 is 1.29 bits per heavy atom. The van der Waals surface area contributed by atoms with E-state index in [4.69, 9.17) is 5.73 Å². The molecule has 2 fully saturated rings. The molecular weight excluding hydrogens is 210 g/mol. The van der Waals surface area contributed by atoms with Crippen LogP contribution in [0, 0.1) is 5.92 Å². The van der Waals surface area contributed by atoms with Crippen LogP contribution in [0.3, 0.4) is 0 Å². The molecule has 2 atom stereocenters. The van der Waals surface area contributed by atoms with Crippen molar-refractivity contribution in [2.24, 2.45) is 11.7 Å². The number of nitrogens with zero attached hydrogens (tertiary/aromatic N) is 1. The van der Waals surface area contributed by atoms with Gasteiger partial charge >= 0.3 is 0 Å². The maximum absolute atomic E-state index is 5.56. The van der Waals surface area contributed by atoms with Crippen molar-refractivity contribution in [1.82, 2.24) is 10.2 Å². The number of hydrogen-bond donors (Lipinski definition) is 2. The van der Waals surface area contributed by atoms with Gasteiger partial charge in [-0.3, -0.25) is 4.90 Å². The zero-order valence-electron chi connectivity index (χ0n) is 11.3. The Morgan fingerprint density at radius 2 is 2.12 bits per heavy atom. The fourth-order valence-electron chi connectivity index (χ4n) is 2.91. The average molecular weight is 239 g/mol. The van der Waals surface area contributed by atoms with Crippen LogP contribution < -0.4 is 11.1 Å². The Morgan fingerprint density at radius 3 is 2.82 bits per heavy atom. The molecule has 3 heteroatoms. The molecule has 2 unspecified atom stereocenters. The second-order valence-electron chi connectivity index (χ2n) is 5.99. The first kappa shape index (κ1) is 13.3. The maximum Gasteiger partial charge on any atom is 0.0207 e. The lowest BCUT2D eigenvalue weighted by molar-refractivity contribution is 0.316. The van der Waals surface area contributed by atoms with Crippen LogP contribution in [0.5, 0.6) is 0 Å². The van der Waals surface area contributed by atoms with E-state index >= 15 is 0 Å². The third-order valence-corrected chi connectivity index (χ3v) is 4.25. The van der Waals surface area contributed by atoms with Gasteiger partial charge in [-0.25, -0.2) is 0 Å². The molecule has 0 amide bonds. The van der Waals surface area contributed by atoms with Gasteiger partial charge in [0.1, 0.15) is 0 Å². The third kappa shape index (κ3) is 4.57. The number of likely N-dealkylation sites (tertiary alicyclic amines) is 1. The van der Waals surface area contributed by atoms with Crippen molar-refractivity contribution in [3.8, 4) is 0 Å². The fourth-order valence-corrected chi connectivity index (χ4v) is 2.91. The van der Waals surface area contributed by atoms with Crippen molar-refractivity contribution >= 4 is 0 Å². The molecule has 0 radical (unpaired) electrons. The molecule has 0 aromatic carbocycles. The zero-order valence-corrected chi connectivity index (χ0v) is 11.3. The van der Waals surface area contributed by atoms with E-state index in [1.807, 2.05) is 0 Å². The minimum absolute atomic E-state index is 0.764. The number of nitrogens with two attached hydrogens (primary N) is 1. The summed E-state index contributed by atoms with van der Waals surface area (Å²) in [6.07, 6.45) is 8.06. The van der Waals surface area contributed by atoms with Crippen molar-refractivity contribution in [3.05, 3.63) is 0 Å². The van der Waals surface area contributed by atoms with Crippen LogP contribution in [0.2, 0.25) is 0 Å². The summed E-state index contributed by atoms with van der Waals surface area (Å²) < 4.78 is 0. The normalized spacial score (nSPS) is 27.5. The summed E-state index contributed by atoms with van der Waals surface area (Å²) in [7, 11) is 0. The summed E-state index contributed by atoms with van der Waals surface area (Å²) >= 11 is 0. The molecule has 2 rings (SSSR count). The Bertz CT molecular complexity index is 216. The number of rotatable bonds is 8. The Hall–Kier alpha value is -0.120. The second-order valence-corrected chi connectivity index (χ2v) is 5.99. The van der Waals surface area contributed by atoms with Crippen LogP contribution in [0.1, 0.15) is 45.4 Å². The standard InChI is InChI=1S/C14H29N3/c1-12(6-8-15)3-2-9-16-13-7-10-17(11-13)14-4-5-14/h12-14,16H,2-11,15H2,1H3. The lowest BCUT2D eigenvalue weighted by Gasteiger charge is -2.16. The van der Waals surface area contributed by atoms with Gasteiger partial charge in [0, 0.05) is 25.2 Å². The first-order valence-electron chi connectivity index (χ1n) is 7.47. The Labute approximate surface area is 106 Å². The Kier molecular flexibility index (Phi) is 5.26. The lowest BCUT2D eigenvalue weighted by Crippen LogP contribution is -2.34. The molecule has 1 aliphatic heterocycles. The van der Waals surface area contributed by atoms with E-state index in [0.717, 1.165) is 24.5 Å². The molecule has 100 valence electrons. The summed E-state index contributed by atoms with van der Waals surface area (Å²) in [4.78, 5) is 2.68. The highest BCUT2D eigenvalue weighted by molar-refractivity contribution is 4.91. The zero-order chi connectivity index (χ0) is 12.1. The van der Waals surface area contributed by atoms with Crippen molar-refractivity contribution in [2.45, 2.75) is 57.5 Å². The van der Waals surface area contributed by atoms with Crippen LogP contribution in [0.15, 0.2) is 0 Å². The van der Waals surface area contributed by atoms with Gasteiger partial charge in [0.2, 0.25) is 0 Å². The van der Waals surface area contributed by atoms with Gasteiger partial charge in [0.25, 0.3) is 0 Å². The molecule has 1 aliphatic carbocycles. The van der Waals surface area contributed by atoms with Gasteiger partial charge in [-0.1, -0.05) is 6.92 Å². The lowest BCUT2D eigenvalue weighted by atomic mass is 10.0. The highest BCUT2D eigenvalue weighted by Crippen LogP contribution is 2.29. The highest BCUT2D eigenvalue weighted by atomic mass is 15.2. The summed E-state index contributed by atoms with van der Waals surface area (Å²) in [6, 6.07) is 1.71. The summed E-state index contributed by atoms with van der Waals surface area (Å²) in [5, 5.41) is 3.72. The van der Waals surface area contributed by atoms with Crippen LogP contribution >= 0.6 is 0 Å². The Balaban J connectivity index is 1.48. The largest absolute Gasteiger partial charge is 0.330 e. The molecule has 1 saturated carbocycles. The molecule has 3 N–H and O–H groups in total. The quantitative estimate of drug-likeness (QED) is 0.632. The molecule has 2 aliphatic rings. The topological polar surface area (TPSA) is 41.3 Å². The van der Waals surface area contributed by atoms with Crippen molar-refractivity contribution in [1.29, 1.82) is 0 Å². The van der Waals surface area contributed by atoms with Crippen molar-refractivity contribution < 1.29 is 0 Å². The van der Waals surface area contributed by atoms with E-state index in [-0.39, 0.29) is 0 Å². The molecule has 1 heterocycles. The van der Waals surface area contributed by atoms with E-state index in [9.17, 15) is 0 Å². The van der Waals surface area contributed by atoms with E-state index in [0.29, 0.717) is 0 Å². The first-order valence-corrected chi connectivity index (χ1v) is 7.47. The summed E-state index contributed by atoms with van der Waals surface area (Å²) in [6.45, 7) is 6.97. The smallest absolute Gasteiger partial charge is 0.0207 e. The average Bonchev–Trinajstić information content (AvgIpc) is 3.06. The van der Waals surface area contributed by atoms with E-state index in [2.05, 4.69) is 17.1 Å². The van der Waals surface area contributed by atoms with Crippen LogP contribution in [-0.4, -0.2) is 43.2 Å². The van der Waals surface area contributed by atoms with Gasteiger partial charge in [0.05, 0.1) is 0 Å². The van der Waals surface area contributed by atoms with E-state index in [1.54, 1.807) is 0 Å². The molecule has 0 aromatic rings. The third-order valence-electron chi connectivity index (χ3n) is 4.25. The SMILES string of the molecule is CC(CCN)CCCNC1CCN(C2CC2)C1. The van der Waals surface area contributed by atoms with Crippen LogP contribution in [0.25, 0.3) is 0 Å². The van der Waals surface area contributed by atoms with Crippen LogP contribution in [0.4, 0.5) is 0 Å². The predicted octanol–water partition coefficient (Wildman–Crippen LogP) is 1.58. The van der Waals surface area contributed by atoms with E-state index in [1.165, 1.54) is 58.2 Å². The highest BCUT2D eigenvalue weighted by Gasteiger charge is 2.33. The molecule has 0 spiro atoms. The van der Waals surface area contributed by atoms with E-state index < -0.39 is 0 Å². The predicted molar refractivity (Wildman–Crippen MR) is 73.1 cm³/mol. The molecule has 0 bridgehead atoms. The van der Waals surface area contributed by atoms with Gasteiger partial charge in [-0.15, -0.1) is 0 Å². The van der Waals surface area contributed by atoms with Crippen molar-refractivity contribution in [3.63, 3.8) is 0 Å². The van der Waals surface area contributed by atoms with Crippen LogP contribution in [-0.2, 0) is 0 Å². The van der Waals surface area contributed by atoms with Gasteiger partial charge < -0.3 is 11.1 Å². The molecular formula is C14H29N3. The minimum Gasteiger partial charge on any atom is -0.330 e. The molecule has 17 heavy (non-hydrogen) atoms. The minimum atomic E-state index is 0.764. The molecule has 0 aromatic heterocycles. The summed E-state index contributed by atoms with van der Waals surface area (Å²) in [5.41, 5.74) is 5.56. The van der Waals surface area contributed by atoms with Crippen molar-refractivity contribution in [2.75, 3.05) is 26.2 Å². The molecule has 1 saturated heterocycles. The maximum atomic E-state index is 5.56. The van der Waals surface area contributed by atoms with Gasteiger partial charge in [-0.2, -0.15) is 0 Å². The fraction of sp³-hybridized carbons (Fsp3) is 1.00. The first-order chi connectivity index (χ1) is 8.29. The number of hydrogen-bond acceptors (Lipinski definition) is 3. The summed E-state index contributed by atoms with van der Waals surface area (Å²) in [5.74, 6) is 0.799. The molecule has 3 nitrogen and oxygen atoms in total. The monoisotopic (exact) mass is 239 g/mol. The van der Waals surface area contributed by atoms with Gasteiger partial charge in [0.15, 0.2) is 0 Å².